The molecule has 0 amide bonds. The number of ether oxygens (including phenoxy) is 1. The van der Waals surface area contributed by atoms with Crippen LogP contribution in [0.3, 0.4) is 0 Å². The number of ketones is 1. The van der Waals surface area contributed by atoms with Crippen molar-refractivity contribution in [3.63, 3.8) is 0 Å². The van der Waals surface area contributed by atoms with Gasteiger partial charge in [0, 0.05) is 19.1 Å². The molecule has 0 heterocycles. The highest BCUT2D eigenvalue weighted by Gasteiger charge is 2.40. The van der Waals surface area contributed by atoms with E-state index in [1.54, 1.807) is 7.11 Å². The van der Waals surface area contributed by atoms with Crippen LogP contribution in [0.25, 0.3) is 0 Å². The van der Waals surface area contributed by atoms with Crippen molar-refractivity contribution in [2.45, 2.75) is 58.5 Å². The van der Waals surface area contributed by atoms with Crippen LogP contribution in [0, 0.1) is 11.3 Å². The van der Waals surface area contributed by atoms with Crippen LogP contribution >= 0.6 is 0 Å². The molecule has 0 aromatic heterocycles. The van der Waals surface area contributed by atoms with E-state index >= 15 is 0 Å². The maximum absolute atomic E-state index is 12.5. The molecule has 0 N–H and O–H groups in total. The first kappa shape index (κ1) is 16.2. The van der Waals surface area contributed by atoms with Crippen molar-refractivity contribution in [2.75, 3.05) is 7.11 Å². The fourth-order valence-electron chi connectivity index (χ4n) is 3.48. The lowest BCUT2D eigenvalue weighted by Crippen LogP contribution is -2.40. The Morgan fingerprint density at radius 1 is 1.19 bits per heavy atom. The van der Waals surface area contributed by atoms with Crippen molar-refractivity contribution < 1.29 is 9.53 Å². The van der Waals surface area contributed by atoms with E-state index in [0.29, 0.717) is 11.8 Å². The monoisotopic (exact) mass is 288 g/mol. The van der Waals surface area contributed by atoms with Gasteiger partial charge in [-0.2, -0.15) is 0 Å². The minimum atomic E-state index is -0.255. The van der Waals surface area contributed by atoms with Crippen LogP contribution in [-0.4, -0.2) is 18.5 Å². The molecule has 0 radical (unpaired) electrons. The largest absolute Gasteiger partial charge is 0.378 e. The van der Waals surface area contributed by atoms with Crippen LogP contribution in [0.4, 0.5) is 0 Å². The average Bonchev–Trinajstić information content (AvgIpc) is 2.47. The Kier molecular flexibility index (Phi) is 4.88. The summed E-state index contributed by atoms with van der Waals surface area (Å²) in [7, 11) is 1.76. The lowest BCUT2D eigenvalue weighted by Gasteiger charge is -2.43. The summed E-state index contributed by atoms with van der Waals surface area (Å²) in [4.78, 5) is 12.5. The zero-order valence-corrected chi connectivity index (χ0v) is 13.8. The Morgan fingerprint density at radius 2 is 1.76 bits per heavy atom. The Hall–Kier alpha value is -1.15. The van der Waals surface area contributed by atoms with Crippen LogP contribution in [-0.2, 0) is 4.74 Å². The van der Waals surface area contributed by atoms with Crippen molar-refractivity contribution in [2.24, 2.45) is 11.3 Å². The molecule has 2 rings (SSSR count). The van der Waals surface area contributed by atoms with Gasteiger partial charge < -0.3 is 4.74 Å². The predicted octanol–water partition coefficient (Wildman–Crippen LogP) is 4.88. The molecule has 0 spiro atoms. The topological polar surface area (TPSA) is 26.3 Å². The van der Waals surface area contributed by atoms with Crippen molar-refractivity contribution >= 4 is 5.78 Å². The van der Waals surface area contributed by atoms with Crippen LogP contribution in [0.1, 0.15) is 63.2 Å². The molecule has 1 saturated carbocycles. The van der Waals surface area contributed by atoms with Gasteiger partial charge in [0.2, 0.25) is 0 Å². The van der Waals surface area contributed by atoms with E-state index in [0.717, 1.165) is 37.2 Å². The lowest BCUT2D eigenvalue weighted by atomic mass is 9.67. The third kappa shape index (κ3) is 3.94. The SMILES string of the molecule is COC1(CC(=O)c2ccccc2)CCC(C(C)(C)C)CC1. The third-order valence-corrected chi connectivity index (χ3v) is 5.13. The summed E-state index contributed by atoms with van der Waals surface area (Å²) >= 11 is 0. The molecule has 1 fully saturated rings. The molecule has 116 valence electrons. The number of methoxy groups -OCH3 is 1. The molecule has 1 aliphatic carbocycles. The second kappa shape index (κ2) is 6.31. The number of rotatable bonds is 4. The summed E-state index contributed by atoms with van der Waals surface area (Å²) in [5.74, 6) is 0.930. The van der Waals surface area contributed by atoms with Gasteiger partial charge in [0.1, 0.15) is 0 Å². The van der Waals surface area contributed by atoms with Gasteiger partial charge >= 0.3 is 0 Å². The molecule has 0 aliphatic heterocycles. The summed E-state index contributed by atoms with van der Waals surface area (Å²) in [6.45, 7) is 6.94. The molecule has 1 aromatic rings. The van der Waals surface area contributed by atoms with Crippen LogP contribution in [0.5, 0.6) is 0 Å². The minimum absolute atomic E-state index is 0.201. The zero-order chi connectivity index (χ0) is 15.5. The van der Waals surface area contributed by atoms with Crippen molar-refractivity contribution in [1.29, 1.82) is 0 Å². The van der Waals surface area contributed by atoms with E-state index in [9.17, 15) is 4.79 Å². The summed E-state index contributed by atoms with van der Waals surface area (Å²) in [5, 5.41) is 0. The fourth-order valence-corrected chi connectivity index (χ4v) is 3.48. The number of hydrogen-bond acceptors (Lipinski definition) is 2. The molecule has 2 nitrogen and oxygen atoms in total. The Bertz CT molecular complexity index is 462. The summed E-state index contributed by atoms with van der Waals surface area (Å²) in [6.07, 6.45) is 4.79. The lowest BCUT2D eigenvalue weighted by molar-refractivity contribution is -0.0593. The van der Waals surface area contributed by atoms with Gasteiger partial charge in [-0.15, -0.1) is 0 Å². The first-order chi connectivity index (χ1) is 9.86. The molecule has 0 saturated heterocycles. The summed E-state index contributed by atoms with van der Waals surface area (Å²) in [6, 6.07) is 9.57. The van der Waals surface area contributed by atoms with Gasteiger partial charge in [-0.3, -0.25) is 4.79 Å². The molecule has 0 unspecified atom stereocenters. The van der Waals surface area contributed by atoms with E-state index in [-0.39, 0.29) is 11.4 Å². The van der Waals surface area contributed by atoms with Gasteiger partial charge in [-0.25, -0.2) is 0 Å². The Balaban J connectivity index is 2.02. The number of benzene rings is 1. The van der Waals surface area contributed by atoms with E-state index < -0.39 is 0 Å². The highest BCUT2D eigenvalue weighted by Crippen LogP contribution is 2.44. The molecule has 0 atom stereocenters. The Labute approximate surface area is 128 Å². The van der Waals surface area contributed by atoms with Crippen LogP contribution in [0.2, 0.25) is 0 Å². The van der Waals surface area contributed by atoms with Crippen LogP contribution in [0.15, 0.2) is 30.3 Å². The van der Waals surface area contributed by atoms with E-state index in [4.69, 9.17) is 4.74 Å². The molecule has 0 bridgehead atoms. The van der Waals surface area contributed by atoms with E-state index in [2.05, 4.69) is 20.8 Å². The highest BCUT2D eigenvalue weighted by atomic mass is 16.5. The normalized spacial score (nSPS) is 26.6. The van der Waals surface area contributed by atoms with Gasteiger partial charge in [0.15, 0.2) is 5.78 Å². The summed E-state index contributed by atoms with van der Waals surface area (Å²) in [5.41, 5.74) is 0.893. The zero-order valence-electron chi connectivity index (χ0n) is 13.8. The average molecular weight is 288 g/mol. The maximum atomic E-state index is 12.5. The molecule has 1 aromatic carbocycles. The van der Waals surface area contributed by atoms with Crippen molar-refractivity contribution in [3.05, 3.63) is 35.9 Å². The first-order valence-corrected chi connectivity index (χ1v) is 8.00. The second-order valence-electron chi connectivity index (χ2n) is 7.49. The van der Waals surface area contributed by atoms with Crippen molar-refractivity contribution in [1.82, 2.24) is 0 Å². The van der Waals surface area contributed by atoms with Crippen LogP contribution < -0.4 is 0 Å². The minimum Gasteiger partial charge on any atom is -0.378 e. The number of hydrogen-bond donors (Lipinski definition) is 0. The number of carbonyl (C=O) groups excluding carboxylic acids is 1. The van der Waals surface area contributed by atoms with Gasteiger partial charge in [0.25, 0.3) is 0 Å². The molecule has 2 heteroatoms. The predicted molar refractivity (Wildman–Crippen MR) is 86.5 cm³/mol. The van der Waals surface area contributed by atoms with Gasteiger partial charge in [-0.1, -0.05) is 51.1 Å². The van der Waals surface area contributed by atoms with Gasteiger partial charge in [-0.05, 0) is 37.0 Å². The number of carbonyl (C=O) groups is 1. The highest BCUT2D eigenvalue weighted by molar-refractivity contribution is 5.96. The molecule has 1 aliphatic rings. The molecule has 21 heavy (non-hydrogen) atoms. The van der Waals surface area contributed by atoms with E-state index in [1.807, 2.05) is 30.3 Å². The standard InChI is InChI=1S/C19H28O2/c1-18(2,3)16-10-12-19(21-4,13-11-16)14-17(20)15-8-6-5-7-9-15/h5-9,16H,10-14H2,1-4H3. The fraction of sp³-hybridized carbons (Fsp3) is 0.632. The van der Waals surface area contributed by atoms with Gasteiger partial charge in [0.05, 0.1) is 5.60 Å². The smallest absolute Gasteiger partial charge is 0.165 e. The van der Waals surface area contributed by atoms with E-state index in [1.165, 1.54) is 0 Å². The number of Topliss-reactive ketones (excluding diaryl/α,β-unsaturated/α-hetero) is 1. The maximum Gasteiger partial charge on any atom is 0.165 e. The summed E-state index contributed by atoms with van der Waals surface area (Å²) < 4.78 is 5.81. The molecular formula is C19H28O2. The third-order valence-electron chi connectivity index (χ3n) is 5.13. The molecular weight excluding hydrogens is 260 g/mol. The quantitative estimate of drug-likeness (QED) is 0.738. The van der Waals surface area contributed by atoms with Crippen molar-refractivity contribution in [3.8, 4) is 0 Å². The second-order valence-corrected chi connectivity index (χ2v) is 7.49. The first-order valence-electron chi connectivity index (χ1n) is 8.00. The Morgan fingerprint density at radius 3 is 2.24 bits per heavy atom.